The SMILES string of the molecule is NC(=O)C1CCC(c2nc(-c3ccc4ccc(-c5cccs5)nc4c3)c3c(N)ncnn23)CC1. The number of nitrogens with zero attached hydrogens (tertiary/aromatic N) is 5. The van der Waals surface area contributed by atoms with Crippen LogP contribution < -0.4 is 11.5 Å². The average molecular weight is 470 g/mol. The topological polar surface area (TPSA) is 125 Å². The molecule has 0 atom stereocenters. The Kier molecular flexibility index (Phi) is 4.99. The number of hydrogen-bond acceptors (Lipinski definition) is 7. The number of primary amides is 1. The molecule has 4 heterocycles. The van der Waals surface area contributed by atoms with Crippen molar-refractivity contribution in [3.8, 4) is 21.8 Å². The van der Waals surface area contributed by atoms with Crippen LogP contribution in [0.15, 0.2) is 54.2 Å². The molecule has 0 radical (unpaired) electrons. The number of benzene rings is 1. The lowest BCUT2D eigenvalue weighted by Gasteiger charge is -2.25. The van der Waals surface area contributed by atoms with Crippen LogP contribution in [0.25, 0.3) is 38.2 Å². The van der Waals surface area contributed by atoms with Gasteiger partial charge in [0.05, 0.1) is 16.1 Å². The van der Waals surface area contributed by atoms with Crippen molar-refractivity contribution < 1.29 is 4.79 Å². The minimum absolute atomic E-state index is 0.0641. The molecule has 1 amide bonds. The Morgan fingerprint density at radius 2 is 1.88 bits per heavy atom. The van der Waals surface area contributed by atoms with Gasteiger partial charge in [0.25, 0.3) is 0 Å². The lowest BCUT2D eigenvalue weighted by molar-refractivity contribution is -0.122. The predicted octanol–water partition coefficient (Wildman–Crippen LogP) is 4.41. The molecule has 6 rings (SSSR count). The lowest BCUT2D eigenvalue weighted by Crippen LogP contribution is -2.27. The predicted molar refractivity (Wildman–Crippen MR) is 133 cm³/mol. The molecule has 1 aromatic carbocycles. The number of thiophene rings is 1. The van der Waals surface area contributed by atoms with Crippen LogP contribution in [0.3, 0.4) is 0 Å². The van der Waals surface area contributed by atoms with Gasteiger partial charge in [0.1, 0.15) is 23.4 Å². The third-order valence-corrected chi connectivity index (χ3v) is 7.61. The Labute approximate surface area is 199 Å². The van der Waals surface area contributed by atoms with Gasteiger partial charge in [-0.15, -0.1) is 11.3 Å². The van der Waals surface area contributed by atoms with Crippen LogP contribution in [0.1, 0.15) is 37.4 Å². The van der Waals surface area contributed by atoms with E-state index in [2.05, 4.69) is 39.7 Å². The van der Waals surface area contributed by atoms with Crippen LogP contribution in [0.2, 0.25) is 0 Å². The zero-order valence-electron chi connectivity index (χ0n) is 18.4. The molecule has 5 aromatic rings. The van der Waals surface area contributed by atoms with Gasteiger partial charge in [-0.1, -0.05) is 24.3 Å². The summed E-state index contributed by atoms with van der Waals surface area (Å²) >= 11 is 1.67. The van der Waals surface area contributed by atoms with Crippen LogP contribution in [0.5, 0.6) is 0 Å². The number of aromatic nitrogens is 5. The van der Waals surface area contributed by atoms with Gasteiger partial charge in [-0.25, -0.2) is 19.5 Å². The number of nitrogen functional groups attached to an aromatic ring is 1. The first-order chi connectivity index (χ1) is 16.6. The summed E-state index contributed by atoms with van der Waals surface area (Å²) in [6.07, 6.45) is 4.65. The van der Waals surface area contributed by atoms with Crippen molar-refractivity contribution in [3.63, 3.8) is 0 Å². The summed E-state index contributed by atoms with van der Waals surface area (Å²) in [5.74, 6) is 1.13. The van der Waals surface area contributed by atoms with Crippen molar-refractivity contribution in [3.05, 3.63) is 60.0 Å². The zero-order valence-corrected chi connectivity index (χ0v) is 19.2. The third kappa shape index (κ3) is 3.49. The van der Waals surface area contributed by atoms with E-state index in [9.17, 15) is 4.79 Å². The van der Waals surface area contributed by atoms with Crippen molar-refractivity contribution in [2.24, 2.45) is 11.7 Å². The van der Waals surface area contributed by atoms with Gasteiger partial charge in [0, 0.05) is 22.8 Å². The molecule has 9 heteroatoms. The number of hydrogen-bond donors (Lipinski definition) is 2. The van der Waals surface area contributed by atoms with Crippen molar-refractivity contribution >= 4 is 39.5 Å². The number of pyridine rings is 1. The van der Waals surface area contributed by atoms with Crippen molar-refractivity contribution in [2.45, 2.75) is 31.6 Å². The Balaban J connectivity index is 1.45. The molecule has 0 aliphatic heterocycles. The normalized spacial score (nSPS) is 18.5. The molecule has 170 valence electrons. The van der Waals surface area contributed by atoms with E-state index in [0.29, 0.717) is 11.3 Å². The molecule has 0 unspecified atom stereocenters. The molecular weight excluding hydrogens is 446 g/mol. The van der Waals surface area contributed by atoms with Crippen molar-refractivity contribution in [1.82, 2.24) is 24.6 Å². The molecule has 0 saturated heterocycles. The minimum Gasteiger partial charge on any atom is -0.382 e. The highest BCUT2D eigenvalue weighted by molar-refractivity contribution is 7.13. The lowest BCUT2D eigenvalue weighted by atomic mass is 9.81. The van der Waals surface area contributed by atoms with Crippen LogP contribution in [0.4, 0.5) is 5.82 Å². The molecule has 0 bridgehead atoms. The Hall–Kier alpha value is -3.85. The Morgan fingerprint density at radius 1 is 1.06 bits per heavy atom. The van der Waals surface area contributed by atoms with E-state index in [0.717, 1.165) is 64.2 Å². The molecule has 0 spiro atoms. The molecule has 1 aliphatic carbocycles. The summed E-state index contributed by atoms with van der Waals surface area (Å²) in [4.78, 5) is 26.9. The molecule has 1 aliphatic rings. The highest BCUT2D eigenvalue weighted by Crippen LogP contribution is 2.38. The number of carbonyl (C=O) groups is 1. The van der Waals surface area contributed by atoms with Crippen LogP contribution in [-0.4, -0.2) is 30.5 Å². The summed E-state index contributed by atoms with van der Waals surface area (Å²) in [6.45, 7) is 0. The van der Waals surface area contributed by atoms with Gasteiger partial charge in [-0.05, 0) is 49.3 Å². The summed E-state index contributed by atoms with van der Waals surface area (Å²) in [5.41, 5.74) is 16.0. The molecule has 8 nitrogen and oxygen atoms in total. The Bertz CT molecular complexity index is 1520. The van der Waals surface area contributed by atoms with Gasteiger partial charge < -0.3 is 11.5 Å². The zero-order chi connectivity index (χ0) is 23.2. The van der Waals surface area contributed by atoms with E-state index in [1.54, 1.807) is 11.3 Å². The summed E-state index contributed by atoms with van der Waals surface area (Å²) in [7, 11) is 0. The van der Waals surface area contributed by atoms with E-state index in [1.165, 1.54) is 6.33 Å². The number of rotatable bonds is 4. The van der Waals surface area contributed by atoms with Crippen molar-refractivity contribution in [1.29, 1.82) is 0 Å². The summed E-state index contributed by atoms with van der Waals surface area (Å²) in [5, 5.41) is 7.59. The van der Waals surface area contributed by atoms with E-state index in [4.69, 9.17) is 21.4 Å². The van der Waals surface area contributed by atoms with Gasteiger partial charge in [0.15, 0.2) is 5.82 Å². The number of anilines is 1. The number of carbonyl (C=O) groups excluding carboxylic acids is 1. The Morgan fingerprint density at radius 3 is 2.65 bits per heavy atom. The highest BCUT2D eigenvalue weighted by atomic mass is 32.1. The number of nitrogens with two attached hydrogens (primary N) is 2. The fourth-order valence-corrected chi connectivity index (χ4v) is 5.60. The number of imidazole rings is 1. The molecule has 1 fully saturated rings. The monoisotopic (exact) mass is 469 g/mol. The minimum atomic E-state index is -0.218. The largest absolute Gasteiger partial charge is 0.382 e. The highest BCUT2D eigenvalue weighted by Gasteiger charge is 2.30. The van der Waals surface area contributed by atoms with E-state index in [1.807, 2.05) is 22.7 Å². The number of amides is 1. The third-order valence-electron chi connectivity index (χ3n) is 6.72. The van der Waals surface area contributed by atoms with Crippen LogP contribution >= 0.6 is 11.3 Å². The van der Waals surface area contributed by atoms with E-state index in [-0.39, 0.29) is 17.7 Å². The number of fused-ring (bicyclic) bond motifs is 2. The van der Waals surface area contributed by atoms with Gasteiger partial charge in [-0.2, -0.15) is 5.10 Å². The quantitative estimate of drug-likeness (QED) is 0.402. The molecule has 4 aromatic heterocycles. The maximum atomic E-state index is 11.6. The first-order valence-electron chi connectivity index (χ1n) is 11.3. The smallest absolute Gasteiger partial charge is 0.220 e. The van der Waals surface area contributed by atoms with Gasteiger partial charge in [0.2, 0.25) is 5.91 Å². The molecule has 34 heavy (non-hydrogen) atoms. The first-order valence-corrected chi connectivity index (χ1v) is 12.2. The molecule has 1 saturated carbocycles. The molecule has 4 N–H and O–H groups in total. The maximum Gasteiger partial charge on any atom is 0.220 e. The first kappa shape index (κ1) is 20.7. The fraction of sp³-hybridized carbons (Fsp3) is 0.240. The second kappa shape index (κ2) is 8.18. The summed E-state index contributed by atoms with van der Waals surface area (Å²) in [6, 6.07) is 14.4. The average Bonchev–Trinajstić information content (AvgIpc) is 3.53. The second-order valence-corrected chi connectivity index (χ2v) is 9.70. The summed E-state index contributed by atoms with van der Waals surface area (Å²) < 4.78 is 1.81. The van der Waals surface area contributed by atoms with Crippen LogP contribution in [-0.2, 0) is 4.79 Å². The standard InChI is InChI=1S/C25H23N7OS/c26-23-22-21(17-8-3-14-9-10-18(30-19(14)12-17)20-2-1-11-34-20)31-25(32(22)29-13-28-23)16-6-4-15(5-7-16)24(27)33/h1-3,8-13,15-16H,4-7H2,(H2,27,33)(H2,26,28,29). The second-order valence-electron chi connectivity index (χ2n) is 8.76. The molecular formula is C25H23N7OS. The van der Waals surface area contributed by atoms with E-state index >= 15 is 0 Å². The van der Waals surface area contributed by atoms with E-state index < -0.39 is 0 Å². The van der Waals surface area contributed by atoms with Gasteiger partial charge >= 0.3 is 0 Å². The van der Waals surface area contributed by atoms with Crippen LogP contribution in [0, 0.1) is 5.92 Å². The van der Waals surface area contributed by atoms with Crippen molar-refractivity contribution in [2.75, 3.05) is 5.73 Å². The fourth-order valence-electron chi connectivity index (χ4n) is 4.90. The maximum absolute atomic E-state index is 11.6. The van der Waals surface area contributed by atoms with Gasteiger partial charge in [-0.3, -0.25) is 4.79 Å².